The van der Waals surface area contributed by atoms with Crippen molar-refractivity contribution in [1.29, 1.82) is 0 Å². The molecule has 0 fully saturated rings. The van der Waals surface area contributed by atoms with Gasteiger partial charge in [0, 0.05) is 6.42 Å². The van der Waals surface area contributed by atoms with Crippen LogP contribution in [0.25, 0.3) is 0 Å². The highest BCUT2D eigenvalue weighted by molar-refractivity contribution is 7.45. The minimum atomic E-state index is -4.55. The topological polar surface area (TPSA) is 94.1 Å². The first-order chi connectivity index (χ1) is 25.6. The number of nitrogens with zero attached hydrogens (tertiary/aromatic N) is 1. The number of ether oxygens (including phenoxy) is 2. The fourth-order valence-electron chi connectivity index (χ4n) is 5.07. The van der Waals surface area contributed by atoms with Crippen molar-refractivity contribution in [1.82, 2.24) is 0 Å². The number of unbranched alkanes of at least 4 members (excludes halogenated alkanes) is 11. The Morgan fingerprint density at radius 2 is 1.09 bits per heavy atom. The van der Waals surface area contributed by atoms with Gasteiger partial charge in [0.15, 0.2) is 0 Å². The minimum Gasteiger partial charge on any atom is -0.756 e. The van der Waals surface area contributed by atoms with Crippen LogP contribution in [0.4, 0.5) is 0 Å². The number of phosphoric ester groups is 1. The number of rotatable bonds is 37. The van der Waals surface area contributed by atoms with Gasteiger partial charge in [0.1, 0.15) is 19.3 Å². The number of allylic oxidation sites excluding steroid dienone is 11. The molecule has 53 heavy (non-hydrogen) atoms. The van der Waals surface area contributed by atoms with Crippen molar-refractivity contribution in [2.24, 2.45) is 0 Å². The van der Waals surface area contributed by atoms with Gasteiger partial charge >= 0.3 is 5.97 Å². The molecule has 0 aliphatic rings. The number of carbonyl (C=O) groups is 1. The molecule has 0 rings (SSSR count). The van der Waals surface area contributed by atoms with Gasteiger partial charge in [-0.2, -0.15) is 0 Å². The lowest BCUT2D eigenvalue weighted by Crippen LogP contribution is -2.37. The van der Waals surface area contributed by atoms with Crippen LogP contribution in [0.3, 0.4) is 0 Å². The summed E-state index contributed by atoms with van der Waals surface area (Å²) >= 11 is 0. The van der Waals surface area contributed by atoms with Crippen LogP contribution in [-0.4, -0.2) is 70.7 Å². The highest BCUT2D eigenvalue weighted by atomic mass is 31.2. The van der Waals surface area contributed by atoms with E-state index in [4.69, 9.17) is 18.5 Å². The first-order valence-corrected chi connectivity index (χ1v) is 22.1. The Morgan fingerprint density at radius 1 is 0.604 bits per heavy atom. The Balaban J connectivity index is 4.42. The second kappa shape index (κ2) is 36.9. The Bertz CT molecular complexity index is 1070. The van der Waals surface area contributed by atoms with E-state index in [1.165, 1.54) is 51.4 Å². The zero-order valence-corrected chi connectivity index (χ0v) is 35.3. The molecular weight excluding hydrogens is 685 g/mol. The maximum absolute atomic E-state index is 12.6. The van der Waals surface area contributed by atoms with Gasteiger partial charge in [-0.25, -0.2) is 0 Å². The Hall–Kier alpha value is -2.06. The molecule has 0 N–H and O–H groups in total. The first kappa shape index (κ1) is 50.9. The number of hydrogen-bond acceptors (Lipinski definition) is 7. The van der Waals surface area contributed by atoms with E-state index in [2.05, 4.69) is 86.8 Å². The van der Waals surface area contributed by atoms with Crippen molar-refractivity contribution in [2.75, 3.05) is 54.1 Å². The van der Waals surface area contributed by atoms with E-state index >= 15 is 0 Å². The fraction of sp³-hybridized carbons (Fsp3) is 0.705. The molecule has 0 spiro atoms. The molecule has 0 amide bonds. The third-order valence-electron chi connectivity index (χ3n) is 8.26. The van der Waals surface area contributed by atoms with E-state index in [9.17, 15) is 14.3 Å². The highest BCUT2D eigenvalue weighted by Gasteiger charge is 2.20. The van der Waals surface area contributed by atoms with Crippen LogP contribution in [-0.2, 0) is 27.9 Å². The number of esters is 1. The molecule has 0 aromatic carbocycles. The van der Waals surface area contributed by atoms with E-state index in [1.54, 1.807) is 0 Å². The molecule has 0 radical (unpaired) electrons. The largest absolute Gasteiger partial charge is 0.756 e. The van der Waals surface area contributed by atoms with Crippen LogP contribution in [0, 0.1) is 0 Å². The lowest BCUT2D eigenvalue weighted by Gasteiger charge is -2.28. The Labute approximate surface area is 325 Å². The van der Waals surface area contributed by atoms with E-state index in [1.807, 2.05) is 21.1 Å². The molecule has 0 aliphatic heterocycles. The predicted molar refractivity (Wildman–Crippen MR) is 222 cm³/mol. The molecule has 0 bridgehead atoms. The van der Waals surface area contributed by atoms with Crippen molar-refractivity contribution < 1.29 is 37.3 Å². The Kier molecular flexibility index (Phi) is 35.5. The van der Waals surface area contributed by atoms with Crippen LogP contribution < -0.4 is 4.89 Å². The lowest BCUT2D eigenvalue weighted by molar-refractivity contribution is -0.870. The van der Waals surface area contributed by atoms with E-state index in [-0.39, 0.29) is 32.2 Å². The summed E-state index contributed by atoms with van der Waals surface area (Å²) in [5.41, 5.74) is 0. The number of hydrogen-bond donors (Lipinski definition) is 0. The number of carbonyl (C=O) groups excluding carboxylic acids is 1. The summed E-state index contributed by atoms with van der Waals surface area (Å²) in [6.07, 6.45) is 46.5. The molecule has 306 valence electrons. The third-order valence-corrected chi connectivity index (χ3v) is 9.23. The molecule has 2 unspecified atom stereocenters. The van der Waals surface area contributed by atoms with Gasteiger partial charge in [-0.1, -0.05) is 138 Å². The van der Waals surface area contributed by atoms with Crippen molar-refractivity contribution in [2.45, 2.75) is 148 Å². The van der Waals surface area contributed by atoms with Crippen LogP contribution in [0.15, 0.2) is 72.9 Å². The molecule has 0 aromatic rings. The van der Waals surface area contributed by atoms with E-state index in [0.29, 0.717) is 24.1 Å². The van der Waals surface area contributed by atoms with E-state index < -0.39 is 13.9 Å². The standard InChI is InChI=1S/C44H78NO7P/c1-6-8-10-12-14-16-18-20-22-24-26-28-30-32-34-36-39-49-41-43(42-51-53(47,48)50-40-38-45(3,4)5)52-44(46)37-35-33-31-29-27-25-23-21-19-17-15-13-11-9-7-2/h8,10,14,16,20-23,26,28,32,34,43H,6-7,9,11-13,15,17-19,24-25,27,29-31,33,35-42H2,1-5H3/b10-8-,16-14-,22-20-,23-21-,28-26-,34-32-. The zero-order chi connectivity index (χ0) is 39.1. The summed E-state index contributed by atoms with van der Waals surface area (Å²) < 4.78 is 34.4. The van der Waals surface area contributed by atoms with Crippen molar-refractivity contribution in [3.05, 3.63) is 72.9 Å². The van der Waals surface area contributed by atoms with Gasteiger partial charge in [0.25, 0.3) is 7.82 Å². The Morgan fingerprint density at radius 3 is 1.64 bits per heavy atom. The SMILES string of the molecule is CC/C=C\C/C=C\C/C=C\C/C=C\C/C=C\CCOCC(COP(=O)([O-])OCC[N+](C)(C)C)OC(=O)CCCCCCC/C=C\CCCCCCCC. The maximum atomic E-state index is 12.6. The van der Waals surface area contributed by atoms with Gasteiger partial charge < -0.3 is 27.9 Å². The quantitative estimate of drug-likeness (QED) is 0.0204. The van der Waals surface area contributed by atoms with Crippen LogP contribution in [0.5, 0.6) is 0 Å². The van der Waals surface area contributed by atoms with Gasteiger partial charge in [0.05, 0.1) is 41.0 Å². The number of quaternary nitrogens is 1. The number of phosphoric acid groups is 1. The summed E-state index contributed by atoms with van der Waals surface area (Å²) in [6, 6.07) is 0. The summed E-state index contributed by atoms with van der Waals surface area (Å²) in [5, 5.41) is 0. The van der Waals surface area contributed by atoms with Gasteiger partial charge in [-0.15, -0.1) is 0 Å². The molecule has 0 saturated heterocycles. The van der Waals surface area contributed by atoms with Crippen LogP contribution >= 0.6 is 7.82 Å². The third kappa shape index (κ3) is 41.0. The highest BCUT2D eigenvalue weighted by Crippen LogP contribution is 2.38. The van der Waals surface area contributed by atoms with Crippen LogP contribution in [0.1, 0.15) is 142 Å². The zero-order valence-electron chi connectivity index (χ0n) is 34.4. The average molecular weight is 764 g/mol. The molecule has 9 heteroatoms. The molecule has 8 nitrogen and oxygen atoms in total. The second-order valence-corrected chi connectivity index (χ2v) is 16.0. The normalized spacial score (nSPS) is 14.6. The average Bonchev–Trinajstić information content (AvgIpc) is 3.11. The van der Waals surface area contributed by atoms with E-state index in [0.717, 1.165) is 64.2 Å². The molecule has 0 saturated carbocycles. The smallest absolute Gasteiger partial charge is 0.306 e. The molecular formula is C44H78NO7P. The number of likely N-dealkylation sites (N-methyl/N-ethyl adjacent to an activating group) is 1. The lowest BCUT2D eigenvalue weighted by atomic mass is 10.1. The van der Waals surface area contributed by atoms with Gasteiger partial charge in [0.2, 0.25) is 0 Å². The first-order valence-electron chi connectivity index (χ1n) is 20.7. The second-order valence-electron chi connectivity index (χ2n) is 14.6. The minimum absolute atomic E-state index is 0.00790. The van der Waals surface area contributed by atoms with Crippen molar-refractivity contribution in [3.8, 4) is 0 Å². The molecule has 2 atom stereocenters. The maximum Gasteiger partial charge on any atom is 0.306 e. The van der Waals surface area contributed by atoms with Crippen molar-refractivity contribution in [3.63, 3.8) is 0 Å². The summed E-state index contributed by atoms with van der Waals surface area (Å²) in [7, 11) is 1.29. The van der Waals surface area contributed by atoms with Gasteiger partial charge in [-0.3, -0.25) is 9.36 Å². The molecule has 0 aliphatic carbocycles. The summed E-state index contributed by atoms with van der Waals surface area (Å²) in [4.78, 5) is 25.0. The summed E-state index contributed by atoms with van der Waals surface area (Å²) in [5.74, 6) is -0.371. The monoisotopic (exact) mass is 764 g/mol. The summed E-state index contributed by atoms with van der Waals surface area (Å²) in [6.45, 7) is 5.02. The molecule has 0 heterocycles. The predicted octanol–water partition coefficient (Wildman–Crippen LogP) is 11.3. The molecule has 0 aromatic heterocycles. The fourth-order valence-corrected chi connectivity index (χ4v) is 5.80. The van der Waals surface area contributed by atoms with Gasteiger partial charge in [-0.05, 0) is 70.6 Å². The van der Waals surface area contributed by atoms with Crippen LogP contribution in [0.2, 0.25) is 0 Å². The van der Waals surface area contributed by atoms with Crippen molar-refractivity contribution >= 4 is 13.8 Å².